The van der Waals surface area contributed by atoms with E-state index in [0.717, 1.165) is 10.2 Å². The third-order valence-electron chi connectivity index (χ3n) is 3.66. The summed E-state index contributed by atoms with van der Waals surface area (Å²) in [6, 6.07) is 14.3. The van der Waals surface area contributed by atoms with Crippen molar-refractivity contribution in [3.8, 4) is 0 Å². The number of amides is 3. The van der Waals surface area contributed by atoms with Gasteiger partial charge in [-0.25, -0.2) is 4.79 Å². The monoisotopic (exact) mass is 407 g/mol. The molecule has 2 aromatic rings. The van der Waals surface area contributed by atoms with E-state index in [4.69, 9.17) is 11.6 Å². The highest BCUT2D eigenvalue weighted by molar-refractivity contribution is 9.10. The molecule has 0 saturated carbocycles. The summed E-state index contributed by atoms with van der Waals surface area (Å²) in [6.07, 6.45) is 0. The molecular formula is C17H15BrClN3O2. The summed E-state index contributed by atoms with van der Waals surface area (Å²) in [5.74, 6) is -0.227. The molecule has 0 radical (unpaired) electrons. The first-order valence-electron chi connectivity index (χ1n) is 7.40. The van der Waals surface area contributed by atoms with Gasteiger partial charge < -0.3 is 10.2 Å². The van der Waals surface area contributed by atoms with Crippen LogP contribution in [0.15, 0.2) is 53.0 Å². The SMILES string of the molecule is O=C(CN1CCN(c2cccc(Cl)c2)C1=O)Nc1cccc(Br)c1. The van der Waals surface area contributed by atoms with Crippen molar-refractivity contribution < 1.29 is 9.59 Å². The van der Waals surface area contributed by atoms with E-state index < -0.39 is 0 Å². The minimum atomic E-state index is -0.227. The van der Waals surface area contributed by atoms with E-state index in [0.29, 0.717) is 23.8 Å². The van der Waals surface area contributed by atoms with E-state index in [1.165, 1.54) is 4.90 Å². The first-order valence-corrected chi connectivity index (χ1v) is 8.57. The molecule has 0 bridgehead atoms. The van der Waals surface area contributed by atoms with E-state index in [-0.39, 0.29) is 18.5 Å². The Bertz CT molecular complexity index is 784. The molecule has 0 aromatic heterocycles. The van der Waals surface area contributed by atoms with Gasteiger partial charge in [0, 0.05) is 34.0 Å². The number of nitrogens with zero attached hydrogens (tertiary/aromatic N) is 2. The summed E-state index contributed by atoms with van der Waals surface area (Å²) in [5.41, 5.74) is 1.43. The van der Waals surface area contributed by atoms with Crippen molar-refractivity contribution in [2.24, 2.45) is 0 Å². The van der Waals surface area contributed by atoms with Gasteiger partial charge in [0.25, 0.3) is 0 Å². The zero-order valence-electron chi connectivity index (χ0n) is 12.7. The van der Waals surface area contributed by atoms with Crippen LogP contribution in [0.3, 0.4) is 0 Å². The van der Waals surface area contributed by atoms with Gasteiger partial charge >= 0.3 is 6.03 Å². The summed E-state index contributed by atoms with van der Waals surface area (Å²) < 4.78 is 0.879. The summed E-state index contributed by atoms with van der Waals surface area (Å²) in [4.78, 5) is 27.8. The van der Waals surface area contributed by atoms with Gasteiger partial charge in [-0.15, -0.1) is 0 Å². The van der Waals surface area contributed by atoms with Crippen LogP contribution in [0.25, 0.3) is 0 Å². The molecule has 5 nitrogen and oxygen atoms in total. The van der Waals surface area contributed by atoms with E-state index in [1.807, 2.05) is 24.3 Å². The number of urea groups is 1. The first-order chi connectivity index (χ1) is 11.5. The Morgan fingerprint density at radius 3 is 2.71 bits per heavy atom. The molecule has 3 amide bonds. The van der Waals surface area contributed by atoms with Gasteiger partial charge in [-0.2, -0.15) is 0 Å². The third kappa shape index (κ3) is 3.88. The second kappa shape index (κ2) is 7.23. The number of nitrogens with one attached hydrogen (secondary N) is 1. The molecule has 1 N–H and O–H groups in total. The molecule has 0 spiro atoms. The smallest absolute Gasteiger partial charge is 0.325 e. The maximum absolute atomic E-state index is 12.5. The number of anilines is 2. The molecule has 1 aliphatic heterocycles. The zero-order valence-corrected chi connectivity index (χ0v) is 15.0. The molecule has 1 heterocycles. The molecular weight excluding hydrogens is 394 g/mol. The second-order valence-corrected chi connectivity index (χ2v) is 6.75. The standard InChI is InChI=1S/C17H15BrClN3O2/c18-12-3-1-5-14(9-12)20-16(23)11-21-7-8-22(17(21)24)15-6-2-4-13(19)10-15/h1-6,9-10H,7-8,11H2,(H,20,23). The van der Waals surface area contributed by atoms with Crippen molar-refractivity contribution in [1.29, 1.82) is 0 Å². The van der Waals surface area contributed by atoms with Crippen LogP contribution in [-0.4, -0.2) is 36.5 Å². The van der Waals surface area contributed by atoms with Crippen molar-refractivity contribution >= 4 is 50.8 Å². The van der Waals surface area contributed by atoms with E-state index in [2.05, 4.69) is 21.2 Å². The second-order valence-electron chi connectivity index (χ2n) is 5.39. The van der Waals surface area contributed by atoms with Crippen molar-refractivity contribution in [2.45, 2.75) is 0 Å². The van der Waals surface area contributed by atoms with Gasteiger partial charge in [0.05, 0.1) is 0 Å². The predicted molar refractivity (Wildman–Crippen MR) is 98.5 cm³/mol. The van der Waals surface area contributed by atoms with Crippen LogP contribution in [-0.2, 0) is 4.79 Å². The molecule has 24 heavy (non-hydrogen) atoms. The molecule has 7 heteroatoms. The van der Waals surface area contributed by atoms with Crippen molar-refractivity contribution in [3.63, 3.8) is 0 Å². The highest BCUT2D eigenvalue weighted by atomic mass is 79.9. The highest BCUT2D eigenvalue weighted by Gasteiger charge is 2.30. The number of benzene rings is 2. The first kappa shape index (κ1) is 16.8. The van der Waals surface area contributed by atoms with Crippen LogP contribution in [0.2, 0.25) is 5.02 Å². The number of halogens is 2. The van der Waals surface area contributed by atoms with Gasteiger partial charge in [0.1, 0.15) is 6.54 Å². The normalized spacial score (nSPS) is 14.2. The van der Waals surface area contributed by atoms with Crippen LogP contribution in [0.5, 0.6) is 0 Å². The number of hydrogen-bond donors (Lipinski definition) is 1. The highest BCUT2D eigenvalue weighted by Crippen LogP contribution is 2.23. The van der Waals surface area contributed by atoms with Gasteiger partial charge in [-0.05, 0) is 36.4 Å². The average molecular weight is 409 g/mol. The number of carbonyl (C=O) groups is 2. The quantitative estimate of drug-likeness (QED) is 0.832. The lowest BCUT2D eigenvalue weighted by Gasteiger charge is -2.18. The average Bonchev–Trinajstić information content (AvgIpc) is 2.88. The third-order valence-corrected chi connectivity index (χ3v) is 4.39. The molecule has 1 aliphatic rings. The van der Waals surface area contributed by atoms with E-state index >= 15 is 0 Å². The lowest BCUT2D eigenvalue weighted by Crippen LogP contribution is -2.37. The minimum absolute atomic E-state index is 0.0163. The molecule has 2 aromatic carbocycles. The molecule has 0 aliphatic carbocycles. The Kier molecular flexibility index (Phi) is 5.06. The van der Waals surface area contributed by atoms with Gasteiger partial charge in [0.2, 0.25) is 5.91 Å². The molecule has 0 unspecified atom stereocenters. The van der Waals surface area contributed by atoms with Crippen LogP contribution >= 0.6 is 27.5 Å². The fraction of sp³-hybridized carbons (Fsp3) is 0.176. The minimum Gasteiger partial charge on any atom is -0.325 e. The number of carbonyl (C=O) groups excluding carboxylic acids is 2. The van der Waals surface area contributed by atoms with Crippen LogP contribution in [0.1, 0.15) is 0 Å². The topological polar surface area (TPSA) is 52.7 Å². The number of rotatable bonds is 4. The number of hydrogen-bond acceptors (Lipinski definition) is 2. The molecule has 1 saturated heterocycles. The lowest BCUT2D eigenvalue weighted by molar-refractivity contribution is -0.116. The van der Waals surface area contributed by atoms with Gasteiger partial charge in [-0.1, -0.05) is 39.7 Å². The Morgan fingerprint density at radius 2 is 1.96 bits per heavy atom. The molecule has 3 rings (SSSR count). The summed E-state index contributed by atoms with van der Waals surface area (Å²) in [7, 11) is 0. The fourth-order valence-electron chi connectivity index (χ4n) is 2.55. The fourth-order valence-corrected chi connectivity index (χ4v) is 3.14. The van der Waals surface area contributed by atoms with Crippen molar-refractivity contribution in [3.05, 3.63) is 58.0 Å². The van der Waals surface area contributed by atoms with Crippen molar-refractivity contribution in [2.75, 3.05) is 29.9 Å². The van der Waals surface area contributed by atoms with Crippen LogP contribution in [0, 0.1) is 0 Å². The van der Waals surface area contributed by atoms with Crippen LogP contribution in [0.4, 0.5) is 16.2 Å². The predicted octanol–water partition coefficient (Wildman–Crippen LogP) is 3.98. The molecule has 0 atom stereocenters. The Morgan fingerprint density at radius 1 is 1.17 bits per heavy atom. The van der Waals surface area contributed by atoms with Gasteiger partial charge in [-0.3, -0.25) is 9.69 Å². The summed E-state index contributed by atoms with van der Waals surface area (Å²) >= 11 is 9.33. The largest absolute Gasteiger partial charge is 0.325 e. The van der Waals surface area contributed by atoms with Crippen LogP contribution < -0.4 is 10.2 Å². The Labute approximate surface area is 153 Å². The van der Waals surface area contributed by atoms with Gasteiger partial charge in [0.15, 0.2) is 0 Å². The maximum Gasteiger partial charge on any atom is 0.325 e. The Hall–Kier alpha value is -2.05. The maximum atomic E-state index is 12.5. The van der Waals surface area contributed by atoms with E-state index in [9.17, 15) is 9.59 Å². The van der Waals surface area contributed by atoms with Crippen molar-refractivity contribution in [1.82, 2.24) is 4.90 Å². The molecule has 1 fully saturated rings. The zero-order chi connectivity index (χ0) is 17.1. The Balaban J connectivity index is 1.62. The summed E-state index contributed by atoms with van der Waals surface area (Å²) in [5, 5.41) is 3.37. The lowest BCUT2D eigenvalue weighted by atomic mass is 10.3. The summed E-state index contributed by atoms with van der Waals surface area (Å²) in [6.45, 7) is 1.04. The molecule has 124 valence electrons. The van der Waals surface area contributed by atoms with E-state index in [1.54, 1.807) is 29.2 Å².